The Kier molecular flexibility index (Phi) is 5.65. The zero-order valence-electron chi connectivity index (χ0n) is 12.3. The van der Waals surface area contributed by atoms with E-state index >= 15 is 0 Å². The largest absolute Gasteiger partial charge is 0.386 e. The first-order valence-electron chi connectivity index (χ1n) is 6.97. The molecule has 0 heterocycles. The predicted molar refractivity (Wildman–Crippen MR) is 84.4 cm³/mol. The van der Waals surface area contributed by atoms with E-state index in [-0.39, 0.29) is 18.3 Å². The Hall–Kier alpha value is -2.69. The minimum atomic E-state index is -0.356. The molecule has 0 radical (unpaired) electrons. The molecule has 0 aliphatic heterocycles. The summed E-state index contributed by atoms with van der Waals surface area (Å²) in [5, 5.41) is 6.33. The predicted octanol–water partition coefficient (Wildman–Crippen LogP) is 3.38. The van der Waals surface area contributed by atoms with E-state index in [2.05, 4.69) is 17.4 Å². The van der Waals surface area contributed by atoms with Gasteiger partial charge in [0.05, 0.1) is 6.21 Å². The van der Waals surface area contributed by atoms with E-state index in [0.29, 0.717) is 5.69 Å². The molecule has 114 valence electrons. The third kappa shape index (κ3) is 5.01. The molecule has 1 N–H and O–H groups in total. The molecule has 2 rings (SSSR count). The normalized spacial score (nSPS) is 10.6. The van der Waals surface area contributed by atoms with Crippen LogP contribution in [0.4, 0.5) is 10.1 Å². The lowest BCUT2D eigenvalue weighted by molar-refractivity contribution is -0.120. The Morgan fingerprint density at radius 2 is 1.86 bits per heavy atom. The molecular weight excluding hydrogens is 283 g/mol. The van der Waals surface area contributed by atoms with E-state index in [4.69, 9.17) is 4.84 Å². The smallest absolute Gasteiger partial charge is 0.265 e. The van der Waals surface area contributed by atoms with Crippen molar-refractivity contribution in [2.24, 2.45) is 5.16 Å². The second-order valence-corrected chi connectivity index (χ2v) is 4.66. The minimum Gasteiger partial charge on any atom is -0.386 e. The van der Waals surface area contributed by atoms with Crippen LogP contribution in [0, 0.1) is 5.82 Å². The van der Waals surface area contributed by atoms with Crippen LogP contribution in [0.5, 0.6) is 0 Å². The van der Waals surface area contributed by atoms with Gasteiger partial charge in [-0.3, -0.25) is 4.79 Å². The molecule has 0 atom stereocenters. The molecule has 2 aromatic carbocycles. The van der Waals surface area contributed by atoms with Crippen molar-refractivity contribution in [3.63, 3.8) is 0 Å². The van der Waals surface area contributed by atoms with Gasteiger partial charge in [0.25, 0.3) is 5.91 Å². The van der Waals surface area contributed by atoms with Gasteiger partial charge < -0.3 is 10.2 Å². The molecule has 5 heteroatoms. The van der Waals surface area contributed by atoms with Crippen molar-refractivity contribution in [3.05, 3.63) is 65.5 Å². The van der Waals surface area contributed by atoms with Gasteiger partial charge in [-0.15, -0.1) is 0 Å². The van der Waals surface area contributed by atoms with Gasteiger partial charge in [-0.1, -0.05) is 36.3 Å². The fraction of sp³-hybridized carbons (Fsp3) is 0.176. The van der Waals surface area contributed by atoms with Gasteiger partial charge in [-0.05, 0) is 41.8 Å². The quantitative estimate of drug-likeness (QED) is 0.657. The zero-order valence-corrected chi connectivity index (χ0v) is 12.3. The summed E-state index contributed by atoms with van der Waals surface area (Å²) in [6.45, 7) is 1.88. The van der Waals surface area contributed by atoms with Gasteiger partial charge in [0, 0.05) is 5.69 Å². The highest BCUT2D eigenvalue weighted by molar-refractivity contribution is 5.91. The van der Waals surface area contributed by atoms with Crippen molar-refractivity contribution >= 4 is 17.8 Å². The number of hydrogen-bond donors (Lipinski definition) is 1. The van der Waals surface area contributed by atoms with Crippen molar-refractivity contribution in [3.8, 4) is 0 Å². The number of carbonyl (C=O) groups is 1. The van der Waals surface area contributed by atoms with Crippen LogP contribution in [0.3, 0.4) is 0 Å². The van der Waals surface area contributed by atoms with E-state index in [0.717, 1.165) is 12.0 Å². The van der Waals surface area contributed by atoms with Crippen molar-refractivity contribution in [1.29, 1.82) is 0 Å². The van der Waals surface area contributed by atoms with Crippen molar-refractivity contribution < 1.29 is 14.0 Å². The molecule has 22 heavy (non-hydrogen) atoms. The summed E-state index contributed by atoms with van der Waals surface area (Å²) in [4.78, 5) is 16.5. The third-order valence-electron chi connectivity index (χ3n) is 2.99. The first-order chi connectivity index (χ1) is 10.7. The van der Waals surface area contributed by atoms with Gasteiger partial charge in [-0.2, -0.15) is 0 Å². The van der Waals surface area contributed by atoms with Crippen LogP contribution in [-0.2, 0) is 16.1 Å². The number of hydrogen-bond acceptors (Lipinski definition) is 3. The number of benzene rings is 2. The van der Waals surface area contributed by atoms with Crippen molar-refractivity contribution in [1.82, 2.24) is 0 Å². The Morgan fingerprint density at radius 1 is 1.18 bits per heavy atom. The highest BCUT2D eigenvalue weighted by atomic mass is 19.1. The van der Waals surface area contributed by atoms with Gasteiger partial charge in [0.15, 0.2) is 6.61 Å². The highest BCUT2D eigenvalue weighted by Crippen LogP contribution is 2.08. The van der Waals surface area contributed by atoms with Crippen LogP contribution in [0.2, 0.25) is 0 Å². The van der Waals surface area contributed by atoms with Crippen LogP contribution >= 0.6 is 0 Å². The number of carbonyl (C=O) groups excluding carboxylic acids is 1. The van der Waals surface area contributed by atoms with Gasteiger partial charge >= 0.3 is 0 Å². The second kappa shape index (κ2) is 7.93. The molecule has 0 saturated carbocycles. The maximum absolute atomic E-state index is 12.7. The molecule has 4 nitrogen and oxygen atoms in total. The lowest BCUT2D eigenvalue weighted by atomic mass is 10.1. The standard InChI is InChI=1S/C17H17FN2O2/c1-2-13-3-5-14(6-4-13)11-19-22-12-17(21)20-16-9-7-15(18)8-10-16/h3-11H,2,12H2,1H3,(H,20,21)/b19-11-. The Morgan fingerprint density at radius 3 is 2.50 bits per heavy atom. The number of nitrogens with zero attached hydrogens (tertiary/aromatic N) is 1. The second-order valence-electron chi connectivity index (χ2n) is 4.66. The van der Waals surface area contributed by atoms with E-state index in [9.17, 15) is 9.18 Å². The lowest BCUT2D eigenvalue weighted by Crippen LogP contribution is -2.16. The summed E-state index contributed by atoms with van der Waals surface area (Å²) in [6, 6.07) is 13.4. The molecule has 0 spiro atoms. The topological polar surface area (TPSA) is 50.7 Å². The maximum atomic E-state index is 12.7. The van der Waals surface area contributed by atoms with Crippen LogP contribution in [0.1, 0.15) is 18.1 Å². The Balaban J connectivity index is 1.76. The average molecular weight is 300 g/mol. The summed E-state index contributed by atoms with van der Waals surface area (Å²) in [6.07, 6.45) is 2.53. The number of aryl methyl sites for hydroxylation is 1. The van der Waals surface area contributed by atoms with Gasteiger partial charge in [0.1, 0.15) is 5.82 Å². The molecule has 0 bridgehead atoms. The molecule has 0 saturated heterocycles. The Bertz CT molecular complexity index is 637. The van der Waals surface area contributed by atoms with Crippen LogP contribution in [-0.4, -0.2) is 18.7 Å². The SMILES string of the molecule is CCc1ccc(/C=N\OCC(=O)Nc2ccc(F)cc2)cc1. The van der Waals surface area contributed by atoms with Crippen molar-refractivity contribution in [2.75, 3.05) is 11.9 Å². The molecule has 0 aliphatic carbocycles. The molecule has 2 aromatic rings. The van der Waals surface area contributed by atoms with E-state index in [1.165, 1.54) is 29.8 Å². The third-order valence-corrected chi connectivity index (χ3v) is 2.99. The number of nitrogens with one attached hydrogen (secondary N) is 1. The van der Waals surface area contributed by atoms with E-state index in [1.807, 2.05) is 24.3 Å². The molecule has 0 unspecified atom stereocenters. The summed E-state index contributed by atoms with van der Waals surface area (Å²) in [5.41, 5.74) is 2.65. The van der Waals surface area contributed by atoms with E-state index in [1.54, 1.807) is 6.21 Å². The van der Waals surface area contributed by atoms with Crippen LogP contribution in [0.25, 0.3) is 0 Å². The summed E-state index contributed by atoms with van der Waals surface area (Å²) >= 11 is 0. The highest BCUT2D eigenvalue weighted by Gasteiger charge is 2.02. The van der Waals surface area contributed by atoms with Gasteiger partial charge in [-0.25, -0.2) is 4.39 Å². The fourth-order valence-corrected chi connectivity index (χ4v) is 1.76. The molecule has 1 amide bonds. The number of oxime groups is 1. The monoisotopic (exact) mass is 300 g/mol. The van der Waals surface area contributed by atoms with Crippen LogP contribution < -0.4 is 5.32 Å². The number of anilines is 1. The van der Waals surface area contributed by atoms with Gasteiger partial charge in [0.2, 0.25) is 0 Å². The summed E-state index contributed by atoms with van der Waals surface area (Å²) < 4.78 is 12.7. The summed E-state index contributed by atoms with van der Waals surface area (Å²) in [7, 11) is 0. The van der Waals surface area contributed by atoms with Crippen molar-refractivity contribution in [2.45, 2.75) is 13.3 Å². The zero-order chi connectivity index (χ0) is 15.8. The molecule has 0 aromatic heterocycles. The first-order valence-corrected chi connectivity index (χ1v) is 6.97. The number of rotatable bonds is 6. The number of halogens is 1. The number of amides is 1. The average Bonchev–Trinajstić information content (AvgIpc) is 2.54. The first kappa shape index (κ1) is 15.7. The minimum absolute atomic E-state index is 0.207. The molecular formula is C17H17FN2O2. The molecule has 0 fully saturated rings. The maximum Gasteiger partial charge on any atom is 0.265 e. The molecule has 0 aliphatic rings. The lowest BCUT2D eigenvalue weighted by Gasteiger charge is -2.03. The Labute approximate surface area is 128 Å². The van der Waals surface area contributed by atoms with E-state index < -0.39 is 0 Å². The fourth-order valence-electron chi connectivity index (χ4n) is 1.76. The summed E-state index contributed by atoms with van der Waals surface area (Å²) in [5.74, 6) is -0.710. The van der Waals surface area contributed by atoms with Crippen LogP contribution in [0.15, 0.2) is 53.7 Å².